The molecule has 62 heavy (non-hydrogen) atoms. The second-order valence-corrected chi connectivity index (χ2v) is 16.3. The zero-order valence-corrected chi connectivity index (χ0v) is 38.0. The summed E-state index contributed by atoms with van der Waals surface area (Å²) < 4.78 is 21.6. The van der Waals surface area contributed by atoms with E-state index in [1.165, 1.54) is 56.8 Å². The molecular weight excluding hydrogens is 942 g/mol. The Kier molecular flexibility index (Phi) is 12.2. The van der Waals surface area contributed by atoms with E-state index in [2.05, 4.69) is 159 Å². The molecule has 0 aliphatic carbocycles. The summed E-state index contributed by atoms with van der Waals surface area (Å²) in [6.07, 6.45) is 1.82. The van der Waals surface area contributed by atoms with Crippen LogP contribution < -0.4 is 0 Å². The molecular formula is C56H46FIrN3O-2. The Hall–Kier alpha value is -6.46. The number of hydrogen-bond donors (Lipinski definition) is 0. The largest absolute Gasteiger partial charge is 0.501 e. The maximum Gasteiger partial charge on any atom is 0.120 e. The normalized spacial score (nSPS) is 11.3. The molecule has 0 aliphatic rings. The van der Waals surface area contributed by atoms with Gasteiger partial charge in [-0.3, -0.25) is 9.37 Å². The van der Waals surface area contributed by atoms with Crippen LogP contribution in [-0.4, -0.2) is 14.5 Å². The molecule has 0 fully saturated rings. The number of fused-ring (bicyclic) bond motifs is 4. The summed E-state index contributed by atoms with van der Waals surface area (Å²) in [7, 11) is 0. The molecule has 1 radical (unpaired) electrons. The van der Waals surface area contributed by atoms with E-state index in [-0.39, 0.29) is 37.8 Å². The van der Waals surface area contributed by atoms with Crippen molar-refractivity contribution < 1.29 is 28.9 Å². The fourth-order valence-electron chi connectivity index (χ4n) is 8.08. The molecule has 0 amide bonds. The molecule has 0 N–H and O–H groups in total. The van der Waals surface area contributed by atoms with Crippen LogP contribution in [0.3, 0.4) is 0 Å². The molecule has 309 valence electrons. The van der Waals surface area contributed by atoms with Gasteiger partial charge in [-0.25, -0.2) is 0 Å². The van der Waals surface area contributed by atoms with Gasteiger partial charge in [0.15, 0.2) is 0 Å². The molecule has 4 nitrogen and oxygen atoms in total. The van der Waals surface area contributed by atoms with E-state index in [9.17, 15) is 4.39 Å². The molecule has 3 heterocycles. The minimum atomic E-state index is -0.275. The zero-order valence-electron chi connectivity index (χ0n) is 35.6. The van der Waals surface area contributed by atoms with Gasteiger partial charge in [-0.15, -0.1) is 48.0 Å². The number of nitrogens with zero attached hydrogens (tertiary/aromatic N) is 3. The maximum absolute atomic E-state index is 12.7. The van der Waals surface area contributed by atoms with E-state index >= 15 is 0 Å². The summed E-state index contributed by atoms with van der Waals surface area (Å²) in [4.78, 5) is 9.56. The Morgan fingerprint density at radius 1 is 0.629 bits per heavy atom. The predicted octanol–water partition coefficient (Wildman–Crippen LogP) is 15.3. The number of benzene rings is 7. The Bertz CT molecular complexity index is 3130. The molecule has 10 rings (SSSR count). The van der Waals surface area contributed by atoms with Gasteiger partial charge in [0.2, 0.25) is 0 Å². The maximum atomic E-state index is 12.7. The quantitative estimate of drug-likeness (QED) is 0.149. The van der Waals surface area contributed by atoms with Crippen molar-refractivity contribution in [2.75, 3.05) is 0 Å². The van der Waals surface area contributed by atoms with Crippen LogP contribution in [0.15, 0.2) is 162 Å². The van der Waals surface area contributed by atoms with Gasteiger partial charge in [-0.2, -0.15) is 0 Å². The fraction of sp³-hybridized carbons (Fsp3) is 0.143. The van der Waals surface area contributed by atoms with E-state index in [1.807, 2.05) is 44.3 Å². The van der Waals surface area contributed by atoms with Crippen LogP contribution in [0, 0.1) is 31.8 Å². The first-order chi connectivity index (χ1) is 29.6. The first-order valence-corrected chi connectivity index (χ1v) is 20.9. The SMILES string of the molecule is CC(C)c1cc(-c2ccc(-c3ccccc3)cc2)cc(C(C)C)c1-n1c(-c2[c-]ccc3c2oc2ccccc23)nc2ccccc21.Cc1cnc(-c2[c-]cc(F)cc2)cc1C.[Ir]. The average Bonchev–Trinajstić information content (AvgIpc) is 3.87. The van der Waals surface area contributed by atoms with Crippen molar-refractivity contribution in [1.82, 2.24) is 14.5 Å². The Labute approximate surface area is 376 Å². The van der Waals surface area contributed by atoms with Crippen LogP contribution in [0.5, 0.6) is 0 Å². The molecule has 6 heteroatoms. The van der Waals surface area contributed by atoms with Gasteiger partial charge in [0.1, 0.15) is 5.58 Å². The predicted molar refractivity (Wildman–Crippen MR) is 250 cm³/mol. The summed E-state index contributed by atoms with van der Waals surface area (Å²) >= 11 is 0. The molecule has 0 unspecified atom stereocenters. The second-order valence-electron chi connectivity index (χ2n) is 16.3. The summed E-state index contributed by atoms with van der Waals surface area (Å²) in [5.74, 6) is 1.12. The minimum absolute atomic E-state index is 0. The van der Waals surface area contributed by atoms with Crippen LogP contribution in [0.25, 0.3) is 83.6 Å². The first-order valence-electron chi connectivity index (χ1n) is 20.9. The number of aryl methyl sites for hydroxylation is 2. The Morgan fingerprint density at radius 3 is 1.95 bits per heavy atom. The van der Waals surface area contributed by atoms with E-state index in [1.54, 1.807) is 6.07 Å². The van der Waals surface area contributed by atoms with Crippen molar-refractivity contribution in [1.29, 1.82) is 0 Å². The third-order valence-electron chi connectivity index (χ3n) is 11.5. The number of para-hydroxylation sites is 3. The number of aromatic nitrogens is 3. The minimum Gasteiger partial charge on any atom is -0.501 e. The van der Waals surface area contributed by atoms with E-state index in [0.29, 0.717) is 0 Å². The van der Waals surface area contributed by atoms with Gasteiger partial charge in [0, 0.05) is 43.2 Å². The van der Waals surface area contributed by atoms with Crippen molar-refractivity contribution in [2.45, 2.75) is 53.4 Å². The fourth-order valence-corrected chi connectivity index (χ4v) is 8.08. The number of pyridine rings is 1. The third kappa shape index (κ3) is 8.16. The van der Waals surface area contributed by atoms with Gasteiger partial charge in [-0.1, -0.05) is 135 Å². The molecule has 0 saturated carbocycles. The van der Waals surface area contributed by atoms with Crippen molar-refractivity contribution in [3.63, 3.8) is 0 Å². The molecule has 3 aromatic heterocycles. The van der Waals surface area contributed by atoms with Crippen molar-refractivity contribution in [3.8, 4) is 50.6 Å². The molecule has 0 aliphatic heterocycles. The molecule has 0 saturated heterocycles. The second kappa shape index (κ2) is 17.9. The number of imidazole rings is 1. The monoisotopic (exact) mass is 988 g/mol. The smallest absolute Gasteiger partial charge is 0.120 e. The zero-order chi connectivity index (χ0) is 42.2. The van der Waals surface area contributed by atoms with Gasteiger partial charge < -0.3 is 14.0 Å². The van der Waals surface area contributed by atoms with Gasteiger partial charge in [0.05, 0.1) is 22.4 Å². The summed E-state index contributed by atoms with van der Waals surface area (Å²) in [6.45, 7) is 13.2. The first kappa shape index (κ1) is 42.2. The van der Waals surface area contributed by atoms with E-state index < -0.39 is 0 Å². The standard InChI is InChI=1S/C43H35N2O.C13H11FN.Ir/c1-27(2)36-25-32(31-23-21-30(22-24-31)29-13-6-5-7-14-29)26-37(28(3)4)41(36)45-39-19-10-9-18-38(39)44-43(45)35-17-12-16-34-33-15-8-11-20-40(33)46-42(34)35;1-9-7-13(15-8-10(9)2)11-3-5-12(14)6-4-11;/h5-16,18-28H,1-4H3;3,5-8H,1-2H3;/q2*-1;. The van der Waals surface area contributed by atoms with Crippen molar-refractivity contribution in [2.24, 2.45) is 0 Å². The van der Waals surface area contributed by atoms with Gasteiger partial charge in [-0.05, 0) is 101 Å². The van der Waals surface area contributed by atoms with E-state index in [4.69, 9.17) is 9.40 Å². The molecule has 10 aromatic rings. The Balaban J connectivity index is 0.000000280. The van der Waals surface area contributed by atoms with Crippen molar-refractivity contribution >= 4 is 33.0 Å². The Morgan fingerprint density at radius 2 is 1.27 bits per heavy atom. The molecule has 0 spiro atoms. The summed E-state index contributed by atoms with van der Waals surface area (Å²) in [5.41, 5.74) is 17.2. The number of halogens is 1. The van der Waals surface area contributed by atoms with E-state index in [0.717, 1.165) is 61.2 Å². The molecule has 7 aromatic carbocycles. The van der Waals surface area contributed by atoms with Gasteiger partial charge >= 0.3 is 0 Å². The van der Waals surface area contributed by atoms with Crippen molar-refractivity contribution in [3.05, 3.63) is 198 Å². The van der Waals surface area contributed by atoms with Crippen LogP contribution >= 0.6 is 0 Å². The number of rotatable bonds is 7. The van der Waals surface area contributed by atoms with Crippen LogP contribution in [0.2, 0.25) is 0 Å². The number of hydrogen-bond acceptors (Lipinski definition) is 3. The molecule has 0 atom stereocenters. The summed E-state index contributed by atoms with van der Waals surface area (Å²) in [5, 5.41) is 2.18. The van der Waals surface area contributed by atoms with Gasteiger partial charge in [0.25, 0.3) is 0 Å². The number of furan rings is 1. The van der Waals surface area contributed by atoms with Crippen LogP contribution in [-0.2, 0) is 20.1 Å². The topological polar surface area (TPSA) is 43.9 Å². The molecule has 0 bridgehead atoms. The third-order valence-corrected chi connectivity index (χ3v) is 11.5. The van der Waals surface area contributed by atoms with Crippen LogP contribution in [0.4, 0.5) is 4.39 Å². The average molecular weight is 988 g/mol. The summed E-state index contributed by atoms with van der Waals surface area (Å²) in [6, 6.07) is 57.8. The van der Waals surface area contributed by atoms with Crippen LogP contribution in [0.1, 0.15) is 61.8 Å².